The minimum atomic E-state index is -3.64. The minimum Gasteiger partial charge on any atom is -0.211 e. The summed E-state index contributed by atoms with van der Waals surface area (Å²) in [5, 5.41) is 8.58. The van der Waals surface area contributed by atoms with Crippen LogP contribution in [0.5, 0.6) is 0 Å². The van der Waals surface area contributed by atoms with E-state index in [2.05, 4.69) is 4.72 Å². The Balaban J connectivity index is 3.11. The molecule has 0 aliphatic carbocycles. The van der Waals surface area contributed by atoms with Crippen molar-refractivity contribution in [2.75, 3.05) is 6.54 Å². The highest BCUT2D eigenvalue weighted by atomic mass is 32.2. The molecule has 16 heavy (non-hydrogen) atoms. The lowest BCUT2D eigenvalue weighted by Crippen LogP contribution is -2.24. The highest BCUT2D eigenvalue weighted by Crippen LogP contribution is 2.14. The molecule has 0 aliphatic rings. The smallest absolute Gasteiger partial charge is 0.211 e. The first kappa shape index (κ1) is 12.6. The largest absolute Gasteiger partial charge is 0.240 e. The molecule has 6 heteroatoms. The van der Waals surface area contributed by atoms with Gasteiger partial charge in [-0.3, -0.25) is 0 Å². The van der Waals surface area contributed by atoms with Crippen LogP contribution in [-0.2, 0) is 10.0 Å². The lowest BCUT2D eigenvalue weighted by molar-refractivity contribution is 0.579. The second-order valence-corrected chi connectivity index (χ2v) is 4.92. The fourth-order valence-corrected chi connectivity index (χ4v) is 2.24. The van der Waals surface area contributed by atoms with Gasteiger partial charge in [0.05, 0.1) is 10.5 Å². The van der Waals surface area contributed by atoms with E-state index in [4.69, 9.17) is 5.26 Å². The van der Waals surface area contributed by atoms with Crippen molar-refractivity contribution in [3.63, 3.8) is 0 Å². The molecular formula is C10H11FN2O2S. The monoisotopic (exact) mass is 242 g/mol. The number of sulfonamides is 1. The predicted octanol–water partition coefficient (Wildman–Crippen LogP) is 1.39. The van der Waals surface area contributed by atoms with Gasteiger partial charge in [0, 0.05) is 6.54 Å². The lowest BCUT2D eigenvalue weighted by Gasteiger charge is -2.05. The van der Waals surface area contributed by atoms with Crippen LogP contribution >= 0.6 is 0 Å². The van der Waals surface area contributed by atoms with E-state index in [1.165, 1.54) is 0 Å². The number of rotatable bonds is 4. The zero-order valence-electron chi connectivity index (χ0n) is 8.70. The molecule has 0 bridgehead atoms. The van der Waals surface area contributed by atoms with Crippen LogP contribution in [-0.4, -0.2) is 15.0 Å². The van der Waals surface area contributed by atoms with E-state index in [9.17, 15) is 12.8 Å². The highest BCUT2D eigenvalue weighted by molar-refractivity contribution is 7.89. The van der Waals surface area contributed by atoms with Gasteiger partial charge in [0.2, 0.25) is 10.0 Å². The van der Waals surface area contributed by atoms with Crippen LogP contribution in [0.3, 0.4) is 0 Å². The maximum Gasteiger partial charge on any atom is 0.240 e. The Hall–Kier alpha value is -1.45. The molecule has 0 aliphatic heterocycles. The molecule has 86 valence electrons. The van der Waals surface area contributed by atoms with E-state index in [0.717, 1.165) is 18.2 Å². The van der Waals surface area contributed by atoms with E-state index >= 15 is 0 Å². The van der Waals surface area contributed by atoms with Crippen molar-refractivity contribution in [1.82, 2.24) is 4.72 Å². The third-order valence-electron chi connectivity index (χ3n) is 1.91. The zero-order chi connectivity index (χ0) is 12.2. The van der Waals surface area contributed by atoms with Crippen LogP contribution in [0.2, 0.25) is 0 Å². The Bertz CT molecular complexity index is 520. The minimum absolute atomic E-state index is 0.0982. The first-order valence-corrected chi connectivity index (χ1v) is 6.19. The lowest BCUT2D eigenvalue weighted by atomic mass is 10.2. The van der Waals surface area contributed by atoms with Crippen molar-refractivity contribution >= 4 is 10.0 Å². The summed E-state index contributed by atoms with van der Waals surface area (Å²) in [5.74, 6) is -0.725. The number of nitrogens with one attached hydrogen (secondary N) is 1. The summed E-state index contributed by atoms with van der Waals surface area (Å²) < 4.78 is 38.6. The molecule has 1 aromatic carbocycles. The molecular weight excluding hydrogens is 231 g/mol. The molecule has 0 saturated heterocycles. The molecule has 0 atom stereocenters. The third kappa shape index (κ3) is 2.78. The van der Waals surface area contributed by atoms with Crippen molar-refractivity contribution in [1.29, 1.82) is 5.26 Å². The Morgan fingerprint density at radius 2 is 2.19 bits per heavy atom. The van der Waals surface area contributed by atoms with Gasteiger partial charge in [-0.2, -0.15) is 5.26 Å². The summed E-state index contributed by atoms with van der Waals surface area (Å²) in [6.45, 7) is 2.13. The van der Waals surface area contributed by atoms with Gasteiger partial charge in [-0.25, -0.2) is 17.5 Å². The zero-order valence-corrected chi connectivity index (χ0v) is 9.51. The summed E-state index contributed by atoms with van der Waals surface area (Å²) in [6, 6.07) is 4.72. The second-order valence-electron chi connectivity index (χ2n) is 3.15. The maximum atomic E-state index is 13.0. The van der Waals surface area contributed by atoms with Crippen LogP contribution < -0.4 is 4.72 Å². The molecule has 4 nitrogen and oxygen atoms in total. The molecule has 0 fully saturated rings. The van der Waals surface area contributed by atoms with Gasteiger partial charge in [-0.1, -0.05) is 6.92 Å². The van der Waals surface area contributed by atoms with Crippen molar-refractivity contribution in [2.24, 2.45) is 0 Å². The van der Waals surface area contributed by atoms with Crippen LogP contribution in [0, 0.1) is 17.1 Å². The fourth-order valence-electron chi connectivity index (χ4n) is 1.08. The molecule has 0 amide bonds. The van der Waals surface area contributed by atoms with Crippen LogP contribution in [0.15, 0.2) is 23.1 Å². The van der Waals surface area contributed by atoms with E-state index < -0.39 is 15.8 Å². The van der Waals surface area contributed by atoms with E-state index in [1.54, 1.807) is 6.07 Å². The summed E-state index contributed by atoms with van der Waals surface area (Å²) in [5.41, 5.74) is -0.278. The van der Waals surface area contributed by atoms with Gasteiger partial charge < -0.3 is 0 Å². The Kier molecular flexibility index (Phi) is 3.99. The number of hydrogen-bond acceptors (Lipinski definition) is 3. The number of halogens is 1. The van der Waals surface area contributed by atoms with Crippen molar-refractivity contribution < 1.29 is 12.8 Å². The highest BCUT2D eigenvalue weighted by Gasteiger charge is 2.15. The number of nitriles is 1. The average molecular weight is 242 g/mol. The average Bonchev–Trinajstić information content (AvgIpc) is 2.27. The van der Waals surface area contributed by atoms with E-state index in [1.807, 2.05) is 6.92 Å². The summed E-state index contributed by atoms with van der Waals surface area (Å²) in [7, 11) is -3.64. The van der Waals surface area contributed by atoms with Gasteiger partial charge in [0.1, 0.15) is 11.9 Å². The first-order chi connectivity index (χ1) is 7.51. The standard InChI is InChI=1S/C10H11FN2O2S/c1-2-5-13-16(14,15)9-3-4-10(11)8(6-9)7-12/h3-4,6,13H,2,5H2,1H3. The van der Waals surface area contributed by atoms with Gasteiger partial charge >= 0.3 is 0 Å². The van der Waals surface area contributed by atoms with E-state index in [-0.39, 0.29) is 10.5 Å². The molecule has 0 aromatic heterocycles. The predicted molar refractivity (Wildman–Crippen MR) is 56.6 cm³/mol. The van der Waals surface area contributed by atoms with Gasteiger partial charge in [0.25, 0.3) is 0 Å². The van der Waals surface area contributed by atoms with Crippen molar-refractivity contribution in [2.45, 2.75) is 18.2 Å². The number of nitrogens with zero attached hydrogens (tertiary/aromatic N) is 1. The van der Waals surface area contributed by atoms with Crippen molar-refractivity contribution in [3.05, 3.63) is 29.6 Å². The molecule has 0 heterocycles. The quantitative estimate of drug-likeness (QED) is 0.867. The normalized spacial score (nSPS) is 11.1. The van der Waals surface area contributed by atoms with Crippen molar-refractivity contribution in [3.8, 4) is 6.07 Å². The second kappa shape index (κ2) is 5.05. The molecule has 1 N–H and O–H groups in total. The summed E-state index contributed by atoms with van der Waals surface area (Å²) in [4.78, 5) is -0.0982. The summed E-state index contributed by atoms with van der Waals surface area (Å²) in [6.07, 6.45) is 0.658. The molecule has 0 unspecified atom stereocenters. The fraction of sp³-hybridized carbons (Fsp3) is 0.300. The van der Waals surface area contributed by atoms with Crippen LogP contribution in [0.1, 0.15) is 18.9 Å². The molecule has 1 aromatic rings. The Morgan fingerprint density at radius 3 is 2.75 bits per heavy atom. The SMILES string of the molecule is CCCNS(=O)(=O)c1ccc(F)c(C#N)c1. The third-order valence-corrected chi connectivity index (χ3v) is 3.37. The van der Waals surface area contributed by atoms with Crippen LogP contribution in [0.4, 0.5) is 4.39 Å². The molecule has 0 radical (unpaired) electrons. The van der Waals surface area contributed by atoms with E-state index in [0.29, 0.717) is 13.0 Å². The van der Waals surface area contributed by atoms with Gasteiger partial charge in [-0.15, -0.1) is 0 Å². The summed E-state index contributed by atoms with van der Waals surface area (Å²) >= 11 is 0. The topological polar surface area (TPSA) is 70.0 Å². The first-order valence-electron chi connectivity index (χ1n) is 4.70. The van der Waals surface area contributed by atoms with Gasteiger partial charge in [-0.05, 0) is 24.6 Å². The Morgan fingerprint density at radius 1 is 1.50 bits per heavy atom. The molecule has 0 spiro atoms. The van der Waals surface area contributed by atoms with Crippen LogP contribution in [0.25, 0.3) is 0 Å². The molecule has 0 saturated carbocycles. The Labute approximate surface area is 93.8 Å². The van der Waals surface area contributed by atoms with Gasteiger partial charge in [0.15, 0.2) is 0 Å². The number of benzene rings is 1. The maximum absolute atomic E-state index is 13.0. The molecule has 1 rings (SSSR count). The number of hydrogen-bond donors (Lipinski definition) is 1.